The molecule has 10 aromatic carbocycles. The number of fused-ring (bicyclic) bond motifs is 8. The van der Waals surface area contributed by atoms with Gasteiger partial charge in [0.05, 0.1) is 11.0 Å². The van der Waals surface area contributed by atoms with Crippen molar-refractivity contribution in [3.63, 3.8) is 0 Å². The van der Waals surface area contributed by atoms with Gasteiger partial charge in [0, 0.05) is 49.9 Å². The van der Waals surface area contributed by atoms with Crippen molar-refractivity contribution in [1.29, 1.82) is 0 Å². The molecule has 0 radical (unpaired) electrons. The molecule has 0 spiro atoms. The third-order valence-corrected chi connectivity index (χ3v) is 12.0. The van der Waals surface area contributed by atoms with Crippen LogP contribution in [0.4, 0.5) is 17.1 Å². The fraction of sp³-hybridized carbons (Fsp3) is 0. The Morgan fingerprint density at radius 2 is 0.915 bits per heavy atom. The fourth-order valence-corrected chi connectivity index (χ4v) is 9.08. The first-order chi connectivity index (χ1) is 29.2. The Bertz CT molecular complexity index is 3550. The Morgan fingerprint density at radius 1 is 0.339 bits per heavy atom. The molecule has 0 bridgehead atoms. The molecular weight excluding hydrogens is 717 g/mol. The molecule has 59 heavy (non-hydrogen) atoms. The average Bonchev–Trinajstić information content (AvgIpc) is 3.85. The van der Waals surface area contributed by atoms with Gasteiger partial charge in [0.2, 0.25) is 0 Å². The summed E-state index contributed by atoms with van der Waals surface area (Å²) in [5.74, 6) is 0. The maximum Gasteiger partial charge on any atom is 0.143 e. The summed E-state index contributed by atoms with van der Waals surface area (Å²) in [6.45, 7) is 0. The van der Waals surface area contributed by atoms with Gasteiger partial charge < -0.3 is 13.9 Å². The Labute approximate surface area is 341 Å². The number of hydrogen-bond acceptors (Lipinski definition) is 2. The number of hydrogen-bond donors (Lipinski definition) is 0. The molecule has 276 valence electrons. The molecule has 0 saturated heterocycles. The summed E-state index contributed by atoms with van der Waals surface area (Å²) in [5.41, 5.74) is 13.2. The number of benzene rings is 10. The average molecular weight is 753 g/mol. The minimum atomic E-state index is 0.908. The molecular formula is C56H36N2O. The number of furan rings is 1. The molecule has 12 aromatic rings. The summed E-state index contributed by atoms with van der Waals surface area (Å²) in [4.78, 5) is 2.35. The van der Waals surface area contributed by atoms with Crippen LogP contribution in [0.3, 0.4) is 0 Å². The summed E-state index contributed by atoms with van der Waals surface area (Å²) in [6.07, 6.45) is 0. The van der Waals surface area contributed by atoms with Crippen molar-refractivity contribution in [2.24, 2.45) is 0 Å². The predicted octanol–water partition coefficient (Wildman–Crippen LogP) is 15.8. The second-order valence-corrected chi connectivity index (χ2v) is 15.4. The van der Waals surface area contributed by atoms with E-state index in [0.29, 0.717) is 0 Å². The van der Waals surface area contributed by atoms with Gasteiger partial charge in [-0.3, -0.25) is 0 Å². The number of para-hydroxylation sites is 3. The highest BCUT2D eigenvalue weighted by molar-refractivity contribution is 6.11. The summed E-state index contributed by atoms with van der Waals surface area (Å²) in [6, 6.07) is 78.8. The number of aromatic nitrogens is 1. The lowest BCUT2D eigenvalue weighted by Crippen LogP contribution is -2.09. The molecule has 2 heterocycles. The maximum atomic E-state index is 6.41. The zero-order valence-electron chi connectivity index (χ0n) is 32.1. The van der Waals surface area contributed by atoms with Crippen LogP contribution in [-0.4, -0.2) is 4.57 Å². The van der Waals surface area contributed by atoms with Gasteiger partial charge in [-0.1, -0.05) is 146 Å². The van der Waals surface area contributed by atoms with Crippen LogP contribution in [0, 0.1) is 0 Å². The molecule has 0 unspecified atom stereocenters. The van der Waals surface area contributed by atoms with Crippen LogP contribution in [0.15, 0.2) is 223 Å². The summed E-state index contributed by atoms with van der Waals surface area (Å²) in [7, 11) is 0. The molecule has 2 aromatic heterocycles. The summed E-state index contributed by atoms with van der Waals surface area (Å²) in [5, 5.41) is 9.67. The van der Waals surface area contributed by atoms with Crippen molar-refractivity contribution in [3.05, 3.63) is 218 Å². The topological polar surface area (TPSA) is 21.3 Å². The zero-order chi connectivity index (χ0) is 38.9. The molecule has 0 saturated carbocycles. The molecule has 0 amide bonds. The molecule has 0 aliphatic rings. The van der Waals surface area contributed by atoms with Gasteiger partial charge in [-0.2, -0.15) is 0 Å². The third kappa shape index (κ3) is 5.51. The van der Waals surface area contributed by atoms with E-state index in [2.05, 4.69) is 216 Å². The van der Waals surface area contributed by atoms with E-state index in [9.17, 15) is 0 Å². The number of rotatable bonds is 6. The van der Waals surface area contributed by atoms with E-state index >= 15 is 0 Å². The highest BCUT2D eigenvalue weighted by Gasteiger charge is 2.18. The lowest BCUT2D eigenvalue weighted by molar-refractivity contribution is 0.670. The van der Waals surface area contributed by atoms with Crippen molar-refractivity contribution in [2.75, 3.05) is 4.90 Å². The Morgan fingerprint density at radius 3 is 1.69 bits per heavy atom. The molecule has 12 rings (SSSR count). The van der Waals surface area contributed by atoms with E-state index in [4.69, 9.17) is 4.42 Å². The highest BCUT2D eigenvalue weighted by atomic mass is 16.3. The lowest BCUT2D eigenvalue weighted by Gasteiger charge is -2.26. The highest BCUT2D eigenvalue weighted by Crippen LogP contribution is 2.41. The standard InChI is InChI=1S/C56H36N2O/c1-3-12-41-34-46(31-22-37(41)10-1)57(45-29-24-40(25-30-45)48-16-9-17-51-50-15-6-8-19-55(50)59-56(48)51)44-27-20-39(21-28-44)43-26-33-54-52(36-43)49-14-5-7-18-53(49)58(54)47-32-23-38-11-2-4-13-42(38)35-47/h1-36H. The normalized spacial score (nSPS) is 11.7. The van der Waals surface area contributed by atoms with Gasteiger partial charge in [0.25, 0.3) is 0 Å². The van der Waals surface area contributed by atoms with E-state index in [0.717, 1.165) is 50.1 Å². The van der Waals surface area contributed by atoms with Gasteiger partial charge in [-0.25, -0.2) is 0 Å². The lowest BCUT2D eigenvalue weighted by atomic mass is 10.0. The first-order valence-electron chi connectivity index (χ1n) is 20.2. The first kappa shape index (κ1) is 33.3. The smallest absolute Gasteiger partial charge is 0.143 e. The monoisotopic (exact) mass is 752 g/mol. The molecule has 0 N–H and O–H groups in total. The maximum absolute atomic E-state index is 6.41. The van der Waals surface area contributed by atoms with E-state index in [-0.39, 0.29) is 0 Å². The molecule has 3 nitrogen and oxygen atoms in total. The molecule has 0 fully saturated rings. The van der Waals surface area contributed by atoms with Crippen molar-refractivity contribution in [1.82, 2.24) is 4.57 Å². The van der Waals surface area contributed by atoms with Crippen LogP contribution in [0.1, 0.15) is 0 Å². The number of nitrogens with zero attached hydrogens (tertiary/aromatic N) is 2. The van der Waals surface area contributed by atoms with Crippen molar-refractivity contribution in [3.8, 4) is 27.9 Å². The van der Waals surface area contributed by atoms with Gasteiger partial charge in [0.1, 0.15) is 11.2 Å². The second kappa shape index (κ2) is 13.4. The van der Waals surface area contributed by atoms with Crippen molar-refractivity contribution < 1.29 is 4.42 Å². The Balaban J connectivity index is 0.938. The van der Waals surface area contributed by atoms with Crippen LogP contribution >= 0.6 is 0 Å². The summed E-state index contributed by atoms with van der Waals surface area (Å²) >= 11 is 0. The first-order valence-corrected chi connectivity index (χ1v) is 20.2. The van der Waals surface area contributed by atoms with Crippen molar-refractivity contribution >= 4 is 82.4 Å². The largest absolute Gasteiger partial charge is 0.455 e. The number of anilines is 3. The van der Waals surface area contributed by atoms with Gasteiger partial charge >= 0.3 is 0 Å². The molecule has 3 heteroatoms. The minimum Gasteiger partial charge on any atom is -0.455 e. The van der Waals surface area contributed by atoms with Crippen LogP contribution in [0.2, 0.25) is 0 Å². The van der Waals surface area contributed by atoms with E-state index in [1.165, 1.54) is 60.2 Å². The predicted molar refractivity (Wildman–Crippen MR) is 249 cm³/mol. The van der Waals surface area contributed by atoms with Gasteiger partial charge in [-0.15, -0.1) is 0 Å². The fourth-order valence-electron chi connectivity index (χ4n) is 9.08. The van der Waals surface area contributed by atoms with Crippen LogP contribution in [0.5, 0.6) is 0 Å². The minimum absolute atomic E-state index is 0.908. The van der Waals surface area contributed by atoms with E-state index in [1.54, 1.807) is 0 Å². The molecule has 0 atom stereocenters. The zero-order valence-corrected chi connectivity index (χ0v) is 32.1. The second-order valence-electron chi connectivity index (χ2n) is 15.4. The van der Waals surface area contributed by atoms with Gasteiger partial charge in [-0.05, 0) is 111 Å². The van der Waals surface area contributed by atoms with Crippen LogP contribution in [-0.2, 0) is 0 Å². The van der Waals surface area contributed by atoms with Crippen molar-refractivity contribution in [2.45, 2.75) is 0 Å². The van der Waals surface area contributed by atoms with Gasteiger partial charge in [0.15, 0.2) is 0 Å². The quantitative estimate of drug-likeness (QED) is 0.169. The van der Waals surface area contributed by atoms with E-state index < -0.39 is 0 Å². The van der Waals surface area contributed by atoms with Crippen LogP contribution < -0.4 is 4.90 Å². The van der Waals surface area contributed by atoms with E-state index in [1.807, 2.05) is 12.1 Å². The SMILES string of the molecule is c1ccc2cc(N(c3ccc(-c4ccc5c(c4)c4ccccc4n5-c4ccc5ccccc5c4)cc3)c3ccc(-c4cccc5c4oc4ccccc45)cc3)ccc2c1. The Kier molecular flexibility index (Phi) is 7.54. The molecule has 0 aliphatic heterocycles. The molecule has 0 aliphatic carbocycles. The van der Waals surface area contributed by atoms with Crippen LogP contribution in [0.25, 0.3) is 93.2 Å². The Hall–Kier alpha value is -7.88. The third-order valence-electron chi connectivity index (χ3n) is 12.0. The summed E-state index contributed by atoms with van der Waals surface area (Å²) < 4.78 is 8.81.